The largest absolute Gasteiger partial charge is 0.494 e. The van der Waals surface area contributed by atoms with E-state index in [4.69, 9.17) is 9.72 Å². The van der Waals surface area contributed by atoms with E-state index in [1.807, 2.05) is 56.3 Å². The van der Waals surface area contributed by atoms with Gasteiger partial charge in [0.15, 0.2) is 5.82 Å². The minimum absolute atomic E-state index is 0.0371. The molecule has 3 aromatic rings. The molecule has 5 rings (SSSR count). The Morgan fingerprint density at radius 1 is 1.17 bits per heavy atom. The number of aryl methyl sites for hydroxylation is 1. The standard InChI is InChI=1S/C27H33N5O3/c1-3-35-21-8-4-18(5-9-21)16-28-26(33)20-10-11-27(34,15-20)23-12-17(2)13-24(29-23)30-25-14-22(31-32-25)19-6-7-19/h4-5,8-9,12-14,19-20,34H,3,6-7,10-11,15-16H2,1-2H3,(H,28,33)(H2,29,30,31,32)/t20?,27-/m1/s1. The average Bonchev–Trinajstić information content (AvgIpc) is 3.46. The van der Waals surface area contributed by atoms with Crippen molar-refractivity contribution >= 4 is 17.5 Å². The molecule has 0 bridgehead atoms. The molecule has 2 aliphatic rings. The molecule has 2 heterocycles. The van der Waals surface area contributed by atoms with Crippen molar-refractivity contribution < 1.29 is 14.6 Å². The van der Waals surface area contributed by atoms with Gasteiger partial charge < -0.3 is 20.5 Å². The lowest BCUT2D eigenvalue weighted by Crippen LogP contribution is -2.31. The highest BCUT2D eigenvalue weighted by molar-refractivity contribution is 5.79. The summed E-state index contributed by atoms with van der Waals surface area (Å²) in [7, 11) is 0. The molecular formula is C27H33N5O3. The van der Waals surface area contributed by atoms with Crippen LogP contribution < -0.4 is 15.4 Å². The fourth-order valence-corrected chi connectivity index (χ4v) is 4.79. The van der Waals surface area contributed by atoms with E-state index in [0.29, 0.717) is 49.8 Å². The van der Waals surface area contributed by atoms with Crippen molar-refractivity contribution in [1.29, 1.82) is 0 Å². The van der Waals surface area contributed by atoms with Crippen LogP contribution in [0, 0.1) is 12.8 Å². The van der Waals surface area contributed by atoms with Crippen molar-refractivity contribution in [3.05, 3.63) is 65.0 Å². The van der Waals surface area contributed by atoms with Gasteiger partial charge in [0.05, 0.1) is 12.3 Å². The molecule has 4 N–H and O–H groups in total. The van der Waals surface area contributed by atoms with E-state index in [-0.39, 0.29) is 11.8 Å². The Balaban J connectivity index is 1.21. The molecule has 0 spiro atoms. The number of carbonyl (C=O) groups is 1. The van der Waals surface area contributed by atoms with E-state index >= 15 is 0 Å². The first-order valence-corrected chi connectivity index (χ1v) is 12.5. The predicted molar refractivity (Wildman–Crippen MR) is 134 cm³/mol. The van der Waals surface area contributed by atoms with Crippen LogP contribution in [0.2, 0.25) is 0 Å². The van der Waals surface area contributed by atoms with Crippen LogP contribution in [0.15, 0.2) is 42.5 Å². The van der Waals surface area contributed by atoms with Gasteiger partial charge in [-0.3, -0.25) is 9.89 Å². The number of ether oxygens (including phenoxy) is 1. The lowest BCUT2D eigenvalue weighted by molar-refractivity contribution is -0.125. The summed E-state index contributed by atoms with van der Waals surface area (Å²) in [6.07, 6.45) is 3.88. The fourth-order valence-electron chi connectivity index (χ4n) is 4.79. The highest BCUT2D eigenvalue weighted by atomic mass is 16.5. The van der Waals surface area contributed by atoms with Crippen molar-refractivity contribution in [3.8, 4) is 5.75 Å². The van der Waals surface area contributed by atoms with Gasteiger partial charge in [0.1, 0.15) is 17.2 Å². The van der Waals surface area contributed by atoms with Gasteiger partial charge in [-0.2, -0.15) is 5.10 Å². The number of aromatic amines is 1. The van der Waals surface area contributed by atoms with Crippen molar-refractivity contribution in [2.75, 3.05) is 11.9 Å². The van der Waals surface area contributed by atoms with Gasteiger partial charge in [-0.05, 0) is 81.3 Å². The lowest BCUT2D eigenvalue weighted by atomic mass is 9.94. The van der Waals surface area contributed by atoms with Crippen molar-refractivity contribution in [3.63, 3.8) is 0 Å². The first-order chi connectivity index (χ1) is 16.9. The minimum Gasteiger partial charge on any atom is -0.494 e. The second-order valence-corrected chi connectivity index (χ2v) is 9.79. The van der Waals surface area contributed by atoms with Crippen LogP contribution in [0.25, 0.3) is 0 Å². The predicted octanol–water partition coefficient (Wildman–Crippen LogP) is 4.44. The molecule has 2 aliphatic carbocycles. The third-order valence-electron chi connectivity index (χ3n) is 6.88. The van der Waals surface area contributed by atoms with Crippen LogP contribution in [0.3, 0.4) is 0 Å². The van der Waals surface area contributed by atoms with E-state index in [2.05, 4.69) is 20.8 Å². The number of nitrogens with zero attached hydrogens (tertiary/aromatic N) is 2. The molecule has 1 aromatic carbocycles. The van der Waals surface area contributed by atoms with Crippen LogP contribution in [-0.4, -0.2) is 32.8 Å². The lowest BCUT2D eigenvalue weighted by Gasteiger charge is -2.23. The maximum Gasteiger partial charge on any atom is 0.223 e. The first kappa shape index (κ1) is 23.4. The van der Waals surface area contributed by atoms with E-state index in [9.17, 15) is 9.90 Å². The maximum atomic E-state index is 12.9. The van der Waals surface area contributed by atoms with E-state index < -0.39 is 5.60 Å². The molecule has 0 radical (unpaired) electrons. The van der Waals surface area contributed by atoms with Crippen LogP contribution in [0.1, 0.15) is 67.5 Å². The van der Waals surface area contributed by atoms with Crippen LogP contribution in [-0.2, 0) is 16.9 Å². The fraction of sp³-hybridized carbons (Fsp3) is 0.444. The summed E-state index contributed by atoms with van der Waals surface area (Å²) in [6.45, 7) is 5.00. The van der Waals surface area contributed by atoms with E-state index in [0.717, 1.165) is 28.4 Å². The molecule has 2 atom stereocenters. The maximum absolute atomic E-state index is 12.9. The molecule has 1 amide bonds. The number of hydrogen-bond acceptors (Lipinski definition) is 6. The molecule has 2 aromatic heterocycles. The van der Waals surface area contributed by atoms with E-state index in [1.165, 1.54) is 12.8 Å². The summed E-state index contributed by atoms with van der Waals surface area (Å²) in [4.78, 5) is 17.6. The summed E-state index contributed by atoms with van der Waals surface area (Å²) < 4.78 is 5.46. The molecule has 1 unspecified atom stereocenters. The second-order valence-electron chi connectivity index (χ2n) is 9.79. The number of nitrogens with one attached hydrogen (secondary N) is 3. The number of carbonyl (C=O) groups excluding carboxylic acids is 1. The number of benzene rings is 1. The number of hydrogen-bond donors (Lipinski definition) is 4. The summed E-state index contributed by atoms with van der Waals surface area (Å²) in [5, 5.41) is 25.2. The zero-order valence-electron chi connectivity index (χ0n) is 20.3. The van der Waals surface area contributed by atoms with Crippen LogP contribution in [0.4, 0.5) is 11.6 Å². The zero-order valence-corrected chi connectivity index (χ0v) is 20.3. The quantitative estimate of drug-likeness (QED) is 0.364. The summed E-state index contributed by atoms with van der Waals surface area (Å²) in [5.41, 5.74) is 2.62. The molecule has 35 heavy (non-hydrogen) atoms. The Kier molecular flexibility index (Phi) is 6.47. The number of pyridine rings is 1. The Labute approximate surface area is 205 Å². The smallest absolute Gasteiger partial charge is 0.223 e. The minimum atomic E-state index is -1.13. The summed E-state index contributed by atoms with van der Waals surface area (Å²) >= 11 is 0. The van der Waals surface area contributed by atoms with Crippen molar-refractivity contribution in [2.45, 2.75) is 64.0 Å². The van der Waals surface area contributed by atoms with E-state index in [1.54, 1.807) is 0 Å². The summed E-state index contributed by atoms with van der Waals surface area (Å²) in [6, 6.07) is 13.6. The Hall–Kier alpha value is -3.39. The summed E-state index contributed by atoms with van der Waals surface area (Å²) in [5.74, 6) is 2.49. The molecule has 8 heteroatoms. The number of amides is 1. The Morgan fingerprint density at radius 3 is 2.71 bits per heavy atom. The van der Waals surface area contributed by atoms with Crippen LogP contribution >= 0.6 is 0 Å². The monoisotopic (exact) mass is 475 g/mol. The number of rotatable bonds is 9. The molecule has 0 saturated heterocycles. The number of aromatic nitrogens is 3. The third kappa shape index (κ3) is 5.48. The van der Waals surface area contributed by atoms with Gasteiger partial charge in [0, 0.05) is 30.1 Å². The van der Waals surface area contributed by atoms with Gasteiger partial charge in [-0.15, -0.1) is 0 Å². The molecule has 2 saturated carbocycles. The van der Waals surface area contributed by atoms with Gasteiger partial charge in [0.2, 0.25) is 5.91 Å². The number of anilines is 2. The van der Waals surface area contributed by atoms with Gasteiger partial charge in [0.25, 0.3) is 0 Å². The number of H-pyrrole nitrogens is 1. The Morgan fingerprint density at radius 2 is 1.97 bits per heavy atom. The SMILES string of the molecule is CCOc1ccc(CNC(=O)C2CC[C@](O)(c3cc(C)cc(Nc4cc(C5CC5)[nH]n4)n3)C2)cc1. The zero-order chi connectivity index (χ0) is 24.4. The highest BCUT2D eigenvalue weighted by Crippen LogP contribution is 2.42. The second kappa shape index (κ2) is 9.70. The molecule has 184 valence electrons. The average molecular weight is 476 g/mol. The number of aliphatic hydroxyl groups is 1. The topological polar surface area (TPSA) is 112 Å². The molecule has 8 nitrogen and oxygen atoms in total. The first-order valence-electron chi connectivity index (χ1n) is 12.5. The van der Waals surface area contributed by atoms with Crippen molar-refractivity contribution in [2.24, 2.45) is 5.92 Å². The van der Waals surface area contributed by atoms with Gasteiger partial charge >= 0.3 is 0 Å². The Bertz CT molecular complexity index is 1190. The highest BCUT2D eigenvalue weighted by Gasteiger charge is 2.43. The normalized spacial score (nSPS) is 21.6. The molecule has 0 aliphatic heterocycles. The van der Waals surface area contributed by atoms with Crippen LogP contribution in [0.5, 0.6) is 5.75 Å². The molecular weight excluding hydrogens is 442 g/mol. The molecule has 2 fully saturated rings. The van der Waals surface area contributed by atoms with Crippen molar-refractivity contribution in [1.82, 2.24) is 20.5 Å². The third-order valence-corrected chi connectivity index (χ3v) is 6.88. The van der Waals surface area contributed by atoms with Gasteiger partial charge in [-0.1, -0.05) is 12.1 Å². The van der Waals surface area contributed by atoms with Gasteiger partial charge in [-0.25, -0.2) is 4.98 Å².